The van der Waals surface area contributed by atoms with Gasteiger partial charge in [0.05, 0.1) is 6.20 Å². The van der Waals surface area contributed by atoms with Gasteiger partial charge in [-0.3, -0.25) is 9.69 Å². The van der Waals surface area contributed by atoms with Crippen LogP contribution in [-0.2, 0) is 6.54 Å². The molecule has 4 heteroatoms. The molecular weight excluding hydrogens is 264 g/mol. The summed E-state index contributed by atoms with van der Waals surface area (Å²) in [5.41, 5.74) is 0.822. The average Bonchev–Trinajstić information content (AvgIpc) is 2.99. The summed E-state index contributed by atoms with van der Waals surface area (Å²) >= 11 is 0. The van der Waals surface area contributed by atoms with Gasteiger partial charge in [-0.15, -0.1) is 0 Å². The molecule has 116 valence electrons. The number of nitrogens with zero attached hydrogens (tertiary/aromatic N) is 2. The maximum Gasteiger partial charge on any atom is 0.223 e. The molecule has 1 aliphatic heterocycles. The maximum absolute atomic E-state index is 11.8. The maximum atomic E-state index is 11.8. The van der Waals surface area contributed by atoms with Crippen molar-refractivity contribution in [2.75, 3.05) is 6.54 Å². The average molecular weight is 290 g/mol. The van der Waals surface area contributed by atoms with Crippen molar-refractivity contribution in [3.05, 3.63) is 28.2 Å². The summed E-state index contributed by atoms with van der Waals surface area (Å²) in [7, 11) is 0. The zero-order valence-electron chi connectivity index (χ0n) is 12.9. The number of rotatable bonds is 3. The Hall–Kier alpha value is -1.29. The van der Waals surface area contributed by atoms with E-state index < -0.39 is 0 Å². The molecule has 1 aromatic rings. The van der Waals surface area contributed by atoms with Gasteiger partial charge in [0.25, 0.3) is 0 Å². The minimum absolute atomic E-state index is 0.114. The predicted octanol–water partition coefficient (Wildman–Crippen LogP) is 3.04. The Bertz CT molecular complexity index is 546. The Balaban J connectivity index is 1.88. The molecule has 1 aromatic heterocycles. The van der Waals surface area contributed by atoms with Gasteiger partial charge in [0.2, 0.25) is 5.43 Å². The van der Waals surface area contributed by atoms with Gasteiger partial charge in [-0.25, -0.2) is 0 Å². The van der Waals surface area contributed by atoms with Crippen molar-refractivity contribution in [1.29, 1.82) is 0 Å². The second kappa shape index (κ2) is 6.22. The molecule has 4 nitrogen and oxygen atoms in total. The summed E-state index contributed by atoms with van der Waals surface area (Å²) in [5.74, 6) is -0.114. The Morgan fingerprint density at radius 1 is 1.19 bits per heavy atom. The SMILES string of the molecule is CC1CCCCN1Cc1cc(=O)c(O)cn1C1CCCC1. The predicted molar refractivity (Wildman–Crippen MR) is 83.6 cm³/mol. The zero-order valence-corrected chi connectivity index (χ0v) is 12.9. The quantitative estimate of drug-likeness (QED) is 0.930. The van der Waals surface area contributed by atoms with Crippen molar-refractivity contribution in [2.24, 2.45) is 0 Å². The molecule has 2 heterocycles. The minimum Gasteiger partial charge on any atom is -0.503 e. The van der Waals surface area contributed by atoms with Crippen LogP contribution in [0.1, 0.15) is 63.6 Å². The molecule has 0 radical (unpaired) electrons. The monoisotopic (exact) mass is 290 g/mol. The van der Waals surface area contributed by atoms with E-state index in [0.29, 0.717) is 12.1 Å². The number of aromatic hydroxyl groups is 1. The Labute approximate surface area is 126 Å². The summed E-state index contributed by atoms with van der Waals surface area (Å²) in [4.78, 5) is 14.3. The van der Waals surface area contributed by atoms with Crippen molar-refractivity contribution in [3.63, 3.8) is 0 Å². The second-order valence-corrected chi connectivity index (χ2v) is 6.68. The third-order valence-electron chi connectivity index (χ3n) is 5.17. The van der Waals surface area contributed by atoms with Gasteiger partial charge in [-0.2, -0.15) is 0 Å². The van der Waals surface area contributed by atoms with Gasteiger partial charge in [-0.05, 0) is 39.2 Å². The van der Waals surface area contributed by atoms with Crippen LogP contribution in [0.3, 0.4) is 0 Å². The molecular formula is C17H26N2O2. The molecule has 1 saturated carbocycles. The molecule has 2 aliphatic rings. The van der Waals surface area contributed by atoms with E-state index >= 15 is 0 Å². The van der Waals surface area contributed by atoms with Crippen LogP contribution in [0.15, 0.2) is 17.1 Å². The summed E-state index contributed by atoms with van der Waals surface area (Å²) in [6, 6.07) is 2.68. The van der Waals surface area contributed by atoms with Crippen LogP contribution in [0.5, 0.6) is 5.75 Å². The standard InChI is InChI=1S/C17H26N2O2/c1-13-6-4-5-9-18(13)11-15-10-16(20)17(21)12-19(15)14-7-2-3-8-14/h10,12-14,21H,2-9,11H2,1H3. The fraction of sp³-hybridized carbons (Fsp3) is 0.706. The van der Waals surface area contributed by atoms with E-state index in [9.17, 15) is 9.90 Å². The number of hydrogen-bond donors (Lipinski definition) is 1. The summed E-state index contributed by atoms with van der Waals surface area (Å²) in [6.45, 7) is 4.21. The van der Waals surface area contributed by atoms with Crippen molar-refractivity contribution in [2.45, 2.75) is 70.5 Å². The fourth-order valence-electron chi connectivity index (χ4n) is 3.83. The van der Waals surface area contributed by atoms with Gasteiger partial charge in [0.1, 0.15) is 0 Å². The topological polar surface area (TPSA) is 45.5 Å². The Morgan fingerprint density at radius 3 is 2.62 bits per heavy atom. The lowest BCUT2D eigenvalue weighted by atomic mass is 10.0. The van der Waals surface area contributed by atoms with Crippen molar-refractivity contribution >= 4 is 0 Å². The van der Waals surface area contributed by atoms with Crippen LogP contribution in [0, 0.1) is 0 Å². The molecule has 1 aliphatic carbocycles. The van der Waals surface area contributed by atoms with E-state index in [4.69, 9.17) is 0 Å². The molecule has 1 atom stereocenters. The van der Waals surface area contributed by atoms with Gasteiger partial charge in [0.15, 0.2) is 5.75 Å². The number of likely N-dealkylation sites (tertiary alicyclic amines) is 1. The highest BCUT2D eigenvalue weighted by Gasteiger charge is 2.23. The molecule has 21 heavy (non-hydrogen) atoms. The van der Waals surface area contributed by atoms with Crippen molar-refractivity contribution in [3.8, 4) is 5.75 Å². The van der Waals surface area contributed by atoms with Crippen LogP contribution in [-0.4, -0.2) is 27.2 Å². The van der Waals surface area contributed by atoms with Crippen LogP contribution in [0.2, 0.25) is 0 Å². The minimum atomic E-state index is -0.246. The lowest BCUT2D eigenvalue weighted by Crippen LogP contribution is -2.38. The smallest absolute Gasteiger partial charge is 0.223 e. The largest absolute Gasteiger partial charge is 0.503 e. The number of piperidine rings is 1. The van der Waals surface area contributed by atoms with E-state index in [1.54, 1.807) is 12.3 Å². The molecule has 0 aromatic carbocycles. The summed E-state index contributed by atoms with van der Waals surface area (Å²) in [6.07, 6.45) is 10.3. The van der Waals surface area contributed by atoms with Crippen LogP contribution < -0.4 is 5.43 Å². The fourth-order valence-corrected chi connectivity index (χ4v) is 3.83. The van der Waals surface area contributed by atoms with Crippen molar-refractivity contribution < 1.29 is 5.11 Å². The summed E-state index contributed by atoms with van der Waals surface area (Å²) < 4.78 is 2.17. The molecule has 1 saturated heterocycles. The second-order valence-electron chi connectivity index (χ2n) is 6.68. The molecule has 3 rings (SSSR count). The van der Waals surface area contributed by atoms with Crippen LogP contribution in [0.25, 0.3) is 0 Å². The van der Waals surface area contributed by atoms with E-state index in [1.165, 1.54) is 32.1 Å². The Kier molecular flexibility index (Phi) is 4.34. The van der Waals surface area contributed by atoms with Crippen molar-refractivity contribution in [1.82, 2.24) is 9.47 Å². The molecule has 0 bridgehead atoms. The van der Waals surface area contributed by atoms with Gasteiger partial charge >= 0.3 is 0 Å². The molecule has 1 N–H and O–H groups in total. The number of pyridine rings is 1. The van der Waals surface area contributed by atoms with Gasteiger partial charge in [0, 0.05) is 30.4 Å². The lowest BCUT2D eigenvalue weighted by molar-refractivity contribution is 0.147. The van der Waals surface area contributed by atoms with Crippen LogP contribution in [0.4, 0.5) is 0 Å². The molecule has 1 unspecified atom stereocenters. The first kappa shape index (κ1) is 14.6. The highest BCUT2D eigenvalue weighted by atomic mass is 16.3. The first-order valence-corrected chi connectivity index (χ1v) is 8.33. The first-order chi connectivity index (χ1) is 10.1. The third-order valence-corrected chi connectivity index (χ3v) is 5.17. The molecule has 2 fully saturated rings. The lowest BCUT2D eigenvalue weighted by Gasteiger charge is -2.34. The highest BCUT2D eigenvalue weighted by Crippen LogP contribution is 2.31. The normalized spacial score (nSPS) is 24.5. The van der Waals surface area contributed by atoms with Crippen LogP contribution >= 0.6 is 0 Å². The highest BCUT2D eigenvalue weighted by molar-refractivity contribution is 5.21. The number of aromatic nitrogens is 1. The molecule has 0 amide bonds. The van der Waals surface area contributed by atoms with Gasteiger partial charge < -0.3 is 9.67 Å². The number of hydrogen-bond acceptors (Lipinski definition) is 3. The summed E-state index contributed by atoms with van der Waals surface area (Å²) in [5, 5.41) is 9.80. The van der Waals surface area contributed by atoms with E-state index in [1.807, 2.05) is 0 Å². The van der Waals surface area contributed by atoms with Gasteiger partial charge in [-0.1, -0.05) is 19.3 Å². The zero-order chi connectivity index (χ0) is 14.8. The van der Waals surface area contributed by atoms with E-state index in [0.717, 1.165) is 31.6 Å². The van der Waals surface area contributed by atoms with E-state index in [2.05, 4.69) is 16.4 Å². The first-order valence-electron chi connectivity index (χ1n) is 8.33. The third kappa shape index (κ3) is 3.15. The van der Waals surface area contributed by atoms with E-state index in [-0.39, 0.29) is 11.2 Å². The molecule has 0 spiro atoms. The Morgan fingerprint density at radius 2 is 1.90 bits per heavy atom.